The Morgan fingerprint density at radius 1 is 1.08 bits per heavy atom. The van der Waals surface area contributed by atoms with Crippen LogP contribution in [0.4, 0.5) is 0 Å². The molecule has 0 aliphatic carbocycles. The molecule has 192 valence electrons. The van der Waals surface area contributed by atoms with E-state index in [1.807, 2.05) is 38.1 Å². The Morgan fingerprint density at radius 2 is 1.89 bits per heavy atom. The number of phenolic OH excluding ortho intramolecular Hbond substituents is 1. The maximum atomic E-state index is 13.8. The lowest BCUT2D eigenvalue weighted by molar-refractivity contribution is 0.0991. The molecule has 0 unspecified atom stereocenters. The minimum Gasteiger partial charge on any atom is -0.508 e. The Hall–Kier alpha value is -4.72. The minimum absolute atomic E-state index is 0.0261. The van der Waals surface area contributed by atoms with Crippen LogP contribution in [0.25, 0.3) is 22.0 Å². The van der Waals surface area contributed by atoms with E-state index in [4.69, 9.17) is 9.26 Å². The summed E-state index contributed by atoms with van der Waals surface area (Å²) in [5.74, 6) is 1.04. The Morgan fingerprint density at radius 3 is 2.55 bits per heavy atom. The molecule has 0 aliphatic rings. The number of fused-ring (bicyclic) bond motifs is 1. The fraction of sp³-hybridized carbons (Fsp3) is 0.200. The van der Waals surface area contributed by atoms with E-state index in [1.165, 1.54) is 0 Å². The van der Waals surface area contributed by atoms with Crippen LogP contribution in [0.5, 0.6) is 11.5 Å². The molecule has 3 aromatic heterocycles. The van der Waals surface area contributed by atoms with Gasteiger partial charge in [0.05, 0.1) is 41.7 Å². The molecule has 8 heteroatoms. The zero-order chi connectivity index (χ0) is 27.0. The number of benzene rings is 2. The summed E-state index contributed by atoms with van der Waals surface area (Å²) in [6.45, 7) is 5.63. The summed E-state index contributed by atoms with van der Waals surface area (Å²) in [6, 6.07) is 15.8. The molecular formula is C30H27N3O5. The molecule has 38 heavy (non-hydrogen) atoms. The number of rotatable bonds is 7. The monoisotopic (exact) mass is 509 g/mol. The van der Waals surface area contributed by atoms with Crippen molar-refractivity contribution >= 4 is 16.7 Å². The topological polar surface area (TPSA) is 107 Å². The van der Waals surface area contributed by atoms with Gasteiger partial charge in [-0.15, -0.1) is 0 Å². The second-order valence-electron chi connectivity index (χ2n) is 9.30. The van der Waals surface area contributed by atoms with Crippen molar-refractivity contribution < 1.29 is 19.2 Å². The van der Waals surface area contributed by atoms with Crippen molar-refractivity contribution in [2.45, 2.75) is 33.7 Å². The highest BCUT2D eigenvalue weighted by atomic mass is 16.5. The molecule has 0 saturated heterocycles. The lowest BCUT2D eigenvalue weighted by atomic mass is 9.97. The summed E-state index contributed by atoms with van der Waals surface area (Å²) >= 11 is 0. The first-order valence-electron chi connectivity index (χ1n) is 12.2. The van der Waals surface area contributed by atoms with Crippen LogP contribution in [-0.2, 0) is 13.0 Å². The van der Waals surface area contributed by atoms with E-state index in [9.17, 15) is 14.7 Å². The minimum atomic E-state index is -0.407. The number of aryl methyl sites for hydroxylation is 3. The van der Waals surface area contributed by atoms with Crippen LogP contribution in [0.3, 0.4) is 0 Å². The summed E-state index contributed by atoms with van der Waals surface area (Å²) in [5.41, 5.74) is 4.62. The van der Waals surface area contributed by atoms with Crippen LogP contribution in [0.15, 0.2) is 70.1 Å². The average molecular weight is 510 g/mol. The van der Waals surface area contributed by atoms with Crippen molar-refractivity contribution in [3.63, 3.8) is 0 Å². The average Bonchev–Trinajstić information content (AvgIpc) is 3.24. The van der Waals surface area contributed by atoms with Gasteiger partial charge in [0.2, 0.25) is 0 Å². The zero-order valence-corrected chi connectivity index (χ0v) is 21.6. The molecule has 0 aliphatic heterocycles. The number of hydrogen-bond donors (Lipinski definition) is 1. The van der Waals surface area contributed by atoms with Gasteiger partial charge < -0.3 is 18.9 Å². The van der Waals surface area contributed by atoms with Gasteiger partial charge in [0.25, 0.3) is 5.56 Å². The molecule has 0 saturated carbocycles. The van der Waals surface area contributed by atoms with Crippen LogP contribution in [0, 0.1) is 20.8 Å². The second-order valence-corrected chi connectivity index (χ2v) is 9.30. The van der Waals surface area contributed by atoms with Crippen LogP contribution in [0.1, 0.15) is 38.6 Å². The van der Waals surface area contributed by atoms with Crippen molar-refractivity contribution in [2.24, 2.45) is 0 Å². The number of carbonyl (C=O) groups excluding carboxylic acids is 1. The third kappa shape index (κ3) is 4.56. The van der Waals surface area contributed by atoms with E-state index in [2.05, 4.69) is 10.1 Å². The van der Waals surface area contributed by atoms with Gasteiger partial charge in [-0.05, 0) is 62.2 Å². The molecule has 0 radical (unpaired) electrons. The second kappa shape index (κ2) is 9.97. The number of aromatic hydroxyl groups is 1. The normalized spacial score (nSPS) is 11.2. The van der Waals surface area contributed by atoms with Gasteiger partial charge in [-0.2, -0.15) is 0 Å². The molecule has 2 aromatic carbocycles. The lowest BCUT2D eigenvalue weighted by Crippen LogP contribution is -2.28. The molecule has 1 N–H and O–H groups in total. The van der Waals surface area contributed by atoms with Gasteiger partial charge in [0, 0.05) is 29.6 Å². The van der Waals surface area contributed by atoms with Gasteiger partial charge in [0.1, 0.15) is 17.3 Å². The maximum Gasteiger partial charge on any atom is 0.262 e. The van der Waals surface area contributed by atoms with Crippen LogP contribution in [-0.4, -0.2) is 32.7 Å². The highest BCUT2D eigenvalue weighted by Crippen LogP contribution is 2.37. The maximum absolute atomic E-state index is 13.8. The highest BCUT2D eigenvalue weighted by Gasteiger charge is 2.22. The van der Waals surface area contributed by atoms with Crippen LogP contribution >= 0.6 is 0 Å². The number of ether oxygens (including phenoxy) is 1. The Balaban J connectivity index is 1.72. The standard InChI is InChI=1S/C30H27N3O5/c1-17-11-20(8-9-26(17)34)12-27(35)23-13-21-14-24(29-18(2)32-38-19(29)3)28(37-4)15-25(21)33(30(23)36)16-22-7-5-6-10-31-22/h5-11,13-15,34H,12,16H2,1-4H3. The molecule has 3 heterocycles. The molecule has 0 spiro atoms. The van der Waals surface area contributed by atoms with Crippen LogP contribution in [0.2, 0.25) is 0 Å². The van der Waals surface area contributed by atoms with Crippen molar-refractivity contribution in [3.05, 3.63) is 105 Å². The SMILES string of the molecule is COc1cc2c(cc1-c1c(C)noc1C)cc(C(=O)Cc1ccc(O)c(C)c1)c(=O)n2Cc1ccccn1. The first kappa shape index (κ1) is 25.0. The Bertz CT molecular complexity index is 1720. The molecule has 5 rings (SSSR count). The van der Waals surface area contributed by atoms with E-state index in [0.29, 0.717) is 44.9 Å². The summed E-state index contributed by atoms with van der Waals surface area (Å²) in [5, 5.41) is 14.6. The van der Waals surface area contributed by atoms with E-state index in [0.717, 1.165) is 11.1 Å². The third-order valence-corrected chi connectivity index (χ3v) is 6.69. The summed E-state index contributed by atoms with van der Waals surface area (Å²) in [6.07, 6.45) is 1.69. The molecule has 0 amide bonds. The molecule has 0 fully saturated rings. The number of aromatic nitrogens is 3. The van der Waals surface area contributed by atoms with Gasteiger partial charge >= 0.3 is 0 Å². The van der Waals surface area contributed by atoms with Gasteiger partial charge in [-0.1, -0.05) is 23.4 Å². The number of pyridine rings is 2. The molecule has 0 bridgehead atoms. The van der Waals surface area contributed by atoms with Crippen molar-refractivity contribution in [1.82, 2.24) is 14.7 Å². The number of carbonyl (C=O) groups is 1. The van der Waals surface area contributed by atoms with E-state index in [1.54, 1.807) is 55.1 Å². The molecule has 0 atom stereocenters. The van der Waals surface area contributed by atoms with Crippen molar-refractivity contribution in [3.8, 4) is 22.6 Å². The smallest absolute Gasteiger partial charge is 0.262 e. The first-order chi connectivity index (χ1) is 18.3. The third-order valence-electron chi connectivity index (χ3n) is 6.69. The zero-order valence-electron chi connectivity index (χ0n) is 21.6. The molecular weight excluding hydrogens is 482 g/mol. The lowest BCUT2D eigenvalue weighted by Gasteiger charge is -2.16. The fourth-order valence-electron chi connectivity index (χ4n) is 4.76. The Labute approximate surface area is 219 Å². The molecule has 8 nitrogen and oxygen atoms in total. The number of nitrogens with zero attached hydrogens (tertiary/aromatic N) is 3. The van der Waals surface area contributed by atoms with Crippen molar-refractivity contribution in [2.75, 3.05) is 7.11 Å². The van der Waals surface area contributed by atoms with Crippen LogP contribution < -0.4 is 10.3 Å². The fourth-order valence-corrected chi connectivity index (χ4v) is 4.76. The quantitative estimate of drug-likeness (QED) is 0.302. The molecule has 5 aromatic rings. The summed E-state index contributed by atoms with van der Waals surface area (Å²) in [7, 11) is 1.57. The largest absolute Gasteiger partial charge is 0.508 e. The predicted molar refractivity (Wildman–Crippen MR) is 144 cm³/mol. The van der Waals surface area contributed by atoms with Crippen molar-refractivity contribution in [1.29, 1.82) is 0 Å². The highest BCUT2D eigenvalue weighted by molar-refractivity contribution is 6.01. The summed E-state index contributed by atoms with van der Waals surface area (Å²) in [4.78, 5) is 31.6. The number of ketones is 1. The van der Waals surface area contributed by atoms with E-state index in [-0.39, 0.29) is 30.1 Å². The van der Waals surface area contributed by atoms with E-state index < -0.39 is 5.56 Å². The summed E-state index contributed by atoms with van der Waals surface area (Å²) < 4.78 is 12.7. The van der Waals surface area contributed by atoms with Gasteiger partial charge in [0.15, 0.2) is 5.78 Å². The van der Waals surface area contributed by atoms with Gasteiger partial charge in [-0.3, -0.25) is 14.6 Å². The van der Waals surface area contributed by atoms with E-state index >= 15 is 0 Å². The first-order valence-corrected chi connectivity index (χ1v) is 12.2. The number of Topliss-reactive ketones (excluding diaryl/α,β-unsaturated/α-hetero) is 1. The number of methoxy groups -OCH3 is 1. The number of hydrogen-bond acceptors (Lipinski definition) is 7. The Kier molecular flexibility index (Phi) is 6.55. The van der Waals surface area contributed by atoms with Gasteiger partial charge in [-0.25, -0.2) is 0 Å². The predicted octanol–water partition coefficient (Wildman–Crippen LogP) is 5.16. The number of phenols is 1.